The van der Waals surface area contributed by atoms with Gasteiger partial charge in [0.05, 0.1) is 0 Å². The molecule has 13 heavy (non-hydrogen) atoms. The number of benzene rings is 1. The van der Waals surface area contributed by atoms with Crippen LogP contribution >= 0.6 is 15.9 Å². The zero-order valence-electron chi connectivity index (χ0n) is 8.02. The Morgan fingerprint density at radius 2 is 1.85 bits per heavy atom. The van der Waals surface area contributed by atoms with Gasteiger partial charge in [-0.3, -0.25) is 0 Å². The van der Waals surface area contributed by atoms with E-state index in [4.69, 9.17) is 5.73 Å². The second-order valence-electron chi connectivity index (χ2n) is 4.00. The minimum Gasteiger partial charge on any atom is -0.321 e. The molecular formula is C11H14BrN. The summed E-state index contributed by atoms with van der Waals surface area (Å²) < 4.78 is 1.18. The molecule has 0 radical (unpaired) electrons. The van der Waals surface area contributed by atoms with E-state index < -0.39 is 0 Å². The van der Waals surface area contributed by atoms with Gasteiger partial charge in [0.1, 0.15) is 0 Å². The van der Waals surface area contributed by atoms with Gasteiger partial charge in [0.25, 0.3) is 0 Å². The van der Waals surface area contributed by atoms with Crippen LogP contribution in [0, 0.1) is 13.8 Å². The number of halogens is 1. The van der Waals surface area contributed by atoms with Gasteiger partial charge in [0.15, 0.2) is 0 Å². The second kappa shape index (κ2) is 2.82. The van der Waals surface area contributed by atoms with Crippen molar-refractivity contribution in [2.45, 2.75) is 32.2 Å². The molecule has 2 rings (SSSR count). The number of nitrogens with two attached hydrogens (primary N) is 1. The number of rotatable bonds is 1. The predicted molar refractivity (Wildman–Crippen MR) is 58.7 cm³/mol. The van der Waals surface area contributed by atoms with Crippen LogP contribution in [0.3, 0.4) is 0 Å². The minimum absolute atomic E-state index is 0.00442. The van der Waals surface area contributed by atoms with E-state index in [9.17, 15) is 0 Å². The van der Waals surface area contributed by atoms with Crippen LogP contribution in [-0.4, -0.2) is 0 Å². The Hall–Kier alpha value is -0.340. The van der Waals surface area contributed by atoms with Gasteiger partial charge in [-0.1, -0.05) is 22.0 Å². The first-order chi connectivity index (χ1) is 6.04. The van der Waals surface area contributed by atoms with Crippen LogP contribution in [-0.2, 0) is 5.54 Å². The summed E-state index contributed by atoms with van der Waals surface area (Å²) >= 11 is 3.53. The maximum Gasteiger partial charge on any atom is 0.0414 e. The van der Waals surface area contributed by atoms with Gasteiger partial charge >= 0.3 is 0 Å². The molecule has 1 aromatic carbocycles. The molecule has 0 atom stereocenters. The zero-order valence-corrected chi connectivity index (χ0v) is 9.61. The molecule has 0 saturated heterocycles. The van der Waals surface area contributed by atoms with Crippen LogP contribution < -0.4 is 5.73 Å². The second-order valence-corrected chi connectivity index (χ2v) is 4.86. The van der Waals surface area contributed by atoms with Gasteiger partial charge < -0.3 is 5.73 Å². The third kappa shape index (κ3) is 1.42. The van der Waals surface area contributed by atoms with Crippen molar-refractivity contribution >= 4 is 15.9 Å². The summed E-state index contributed by atoms with van der Waals surface area (Å²) in [5, 5.41) is 0. The fourth-order valence-electron chi connectivity index (χ4n) is 1.73. The van der Waals surface area contributed by atoms with E-state index in [1.54, 1.807) is 0 Å². The first kappa shape index (κ1) is 9.22. The Balaban J connectivity index is 2.54. The lowest BCUT2D eigenvalue weighted by molar-refractivity contribution is 0.731. The molecule has 0 aromatic heterocycles. The van der Waals surface area contributed by atoms with Crippen LogP contribution in [0.1, 0.15) is 29.5 Å². The largest absolute Gasteiger partial charge is 0.321 e. The van der Waals surface area contributed by atoms with Crippen LogP contribution in [0.5, 0.6) is 0 Å². The van der Waals surface area contributed by atoms with Crippen molar-refractivity contribution in [1.29, 1.82) is 0 Å². The van der Waals surface area contributed by atoms with Crippen molar-refractivity contribution in [3.63, 3.8) is 0 Å². The molecule has 0 unspecified atom stereocenters. The highest BCUT2D eigenvalue weighted by Gasteiger charge is 2.41. The summed E-state index contributed by atoms with van der Waals surface area (Å²) in [5.74, 6) is 0. The molecule has 1 aromatic rings. The first-order valence-electron chi connectivity index (χ1n) is 4.60. The SMILES string of the molecule is Cc1c(Br)ccc(C2(N)CC2)c1C. The van der Waals surface area contributed by atoms with Crippen LogP contribution in [0.25, 0.3) is 0 Å². The summed E-state index contributed by atoms with van der Waals surface area (Å²) in [4.78, 5) is 0. The molecule has 0 heterocycles. The summed E-state index contributed by atoms with van der Waals surface area (Å²) in [6.45, 7) is 4.29. The van der Waals surface area contributed by atoms with E-state index in [2.05, 4.69) is 41.9 Å². The fourth-order valence-corrected chi connectivity index (χ4v) is 2.16. The quantitative estimate of drug-likeness (QED) is 0.802. The highest BCUT2D eigenvalue weighted by Crippen LogP contribution is 2.45. The molecule has 0 spiro atoms. The highest BCUT2D eigenvalue weighted by atomic mass is 79.9. The fraction of sp³-hybridized carbons (Fsp3) is 0.455. The number of hydrogen-bond acceptors (Lipinski definition) is 1. The Morgan fingerprint density at radius 3 is 2.38 bits per heavy atom. The smallest absolute Gasteiger partial charge is 0.0414 e. The molecule has 70 valence electrons. The summed E-state index contributed by atoms with van der Waals surface area (Å²) in [7, 11) is 0. The lowest BCUT2D eigenvalue weighted by Crippen LogP contribution is -2.20. The van der Waals surface area contributed by atoms with Crippen LogP contribution in [0.15, 0.2) is 16.6 Å². The highest BCUT2D eigenvalue weighted by molar-refractivity contribution is 9.10. The Labute approximate surface area is 87.5 Å². The van der Waals surface area contributed by atoms with Crippen molar-refractivity contribution in [2.75, 3.05) is 0 Å². The van der Waals surface area contributed by atoms with E-state index in [1.807, 2.05) is 0 Å². The maximum absolute atomic E-state index is 6.17. The van der Waals surface area contributed by atoms with Crippen molar-refractivity contribution < 1.29 is 0 Å². The lowest BCUT2D eigenvalue weighted by Gasteiger charge is -2.15. The molecule has 0 amide bonds. The third-order valence-corrected chi connectivity index (χ3v) is 3.91. The van der Waals surface area contributed by atoms with E-state index in [-0.39, 0.29) is 5.54 Å². The Morgan fingerprint density at radius 1 is 1.23 bits per heavy atom. The van der Waals surface area contributed by atoms with E-state index in [0.717, 1.165) is 12.8 Å². The molecule has 2 N–H and O–H groups in total. The standard InChI is InChI=1S/C11H14BrN/c1-7-8(2)10(12)4-3-9(7)11(13)5-6-11/h3-4H,5-6,13H2,1-2H3. The first-order valence-corrected chi connectivity index (χ1v) is 5.39. The topological polar surface area (TPSA) is 26.0 Å². The molecule has 0 bridgehead atoms. The molecule has 1 aliphatic rings. The van der Waals surface area contributed by atoms with Crippen LogP contribution in [0.4, 0.5) is 0 Å². The van der Waals surface area contributed by atoms with Gasteiger partial charge in [-0.25, -0.2) is 0 Å². The maximum atomic E-state index is 6.17. The average Bonchev–Trinajstić information content (AvgIpc) is 2.80. The normalized spacial score (nSPS) is 18.8. The van der Waals surface area contributed by atoms with Crippen molar-refractivity contribution in [3.05, 3.63) is 33.3 Å². The predicted octanol–water partition coefficient (Wildman–Crippen LogP) is 3.01. The molecule has 1 saturated carbocycles. The number of hydrogen-bond donors (Lipinski definition) is 1. The van der Waals surface area contributed by atoms with E-state index in [1.165, 1.54) is 21.2 Å². The van der Waals surface area contributed by atoms with Crippen molar-refractivity contribution in [2.24, 2.45) is 5.73 Å². The summed E-state index contributed by atoms with van der Waals surface area (Å²) in [6, 6.07) is 4.25. The molecule has 1 nitrogen and oxygen atoms in total. The molecule has 2 heteroatoms. The van der Waals surface area contributed by atoms with Gasteiger partial charge in [-0.15, -0.1) is 0 Å². The minimum atomic E-state index is -0.00442. The zero-order chi connectivity index (χ0) is 9.64. The Bertz CT molecular complexity index is 353. The van der Waals surface area contributed by atoms with Crippen molar-refractivity contribution in [1.82, 2.24) is 0 Å². The third-order valence-electron chi connectivity index (χ3n) is 3.05. The van der Waals surface area contributed by atoms with Crippen molar-refractivity contribution in [3.8, 4) is 0 Å². The van der Waals surface area contributed by atoms with Gasteiger partial charge in [-0.05, 0) is 49.4 Å². The lowest BCUT2D eigenvalue weighted by atomic mass is 9.96. The van der Waals surface area contributed by atoms with Gasteiger partial charge in [-0.2, -0.15) is 0 Å². The van der Waals surface area contributed by atoms with E-state index >= 15 is 0 Å². The Kier molecular flexibility index (Phi) is 2.00. The summed E-state index contributed by atoms with van der Waals surface area (Å²) in [5.41, 5.74) is 10.2. The molecule has 1 fully saturated rings. The molecule has 1 aliphatic carbocycles. The van der Waals surface area contributed by atoms with Gasteiger partial charge in [0, 0.05) is 10.0 Å². The average molecular weight is 240 g/mol. The van der Waals surface area contributed by atoms with E-state index in [0.29, 0.717) is 0 Å². The molecule has 0 aliphatic heterocycles. The summed E-state index contributed by atoms with van der Waals surface area (Å²) in [6.07, 6.45) is 2.27. The van der Waals surface area contributed by atoms with Gasteiger partial charge in [0.2, 0.25) is 0 Å². The molecular weight excluding hydrogens is 226 g/mol. The van der Waals surface area contributed by atoms with Crippen LogP contribution in [0.2, 0.25) is 0 Å². The monoisotopic (exact) mass is 239 g/mol.